The molecule has 0 saturated carbocycles. The highest BCUT2D eigenvalue weighted by atomic mass is 16.5. The number of amides is 1. The predicted molar refractivity (Wildman–Crippen MR) is 101 cm³/mol. The molecule has 8 heteroatoms. The molecule has 1 aliphatic heterocycles. The second kappa shape index (κ2) is 9.31. The van der Waals surface area contributed by atoms with Crippen LogP contribution in [0.25, 0.3) is 11.0 Å². The van der Waals surface area contributed by atoms with Gasteiger partial charge in [-0.3, -0.25) is 9.59 Å². The zero-order valence-electron chi connectivity index (χ0n) is 15.1. The number of aromatic carboxylic acids is 1. The first kappa shape index (κ1) is 20.6. The van der Waals surface area contributed by atoms with Crippen molar-refractivity contribution in [3.8, 4) is 0 Å². The van der Waals surface area contributed by atoms with Gasteiger partial charge in [0.1, 0.15) is 11.1 Å². The van der Waals surface area contributed by atoms with Gasteiger partial charge in [0.2, 0.25) is 5.91 Å². The van der Waals surface area contributed by atoms with Crippen LogP contribution < -0.4 is 5.63 Å². The molecule has 2 heterocycles. The van der Waals surface area contributed by atoms with Crippen molar-refractivity contribution in [1.29, 1.82) is 0 Å². The molecule has 1 aliphatic rings. The average Bonchev–Trinajstić information content (AvgIpc) is 3.07. The summed E-state index contributed by atoms with van der Waals surface area (Å²) in [4.78, 5) is 46.7. The van der Waals surface area contributed by atoms with E-state index in [0.29, 0.717) is 11.8 Å². The lowest BCUT2D eigenvalue weighted by molar-refractivity contribution is -0.137. The molecular weight excluding hydrogens is 366 g/mol. The van der Waals surface area contributed by atoms with E-state index in [2.05, 4.69) is 17.9 Å². The van der Waals surface area contributed by atoms with E-state index in [4.69, 9.17) is 9.52 Å². The number of carboxylic acids is 1. The topological polar surface area (TPSA) is 114 Å². The first-order chi connectivity index (χ1) is 13.4. The Labute approximate surface area is 160 Å². The van der Waals surface area contributed by atoms with Crippen LogP contribution in [0.5, 0.6) is 0 Å². The highest BCUT2D eigenvalue weighted by Gasteiger charge is 2.22. The summed E-state index contributed by atoms with van der Waals surface area (Å²) in [6, 6.07) is 6.37. The number of ether oxygens (including phenoxy) is 1. The van der Waals surface area contributed by atoms with Crippen molar-refractivity contribution >= 4 is 28.8 Å². The number of para-hydroxylation sites is 1. The van der Waals surface area contributed by atoms with Gasteiger partial charge in [-0.05, 0) is 24.3 Å². The Morgan fingerprint density at radius 2 is 1.96 bits per heavy atom. The van der Waals surface area contributed by atoms with E-state index in [1.165, 1.54) is 6.07 Å². The maximum atomic E-state index is 11.7. The van der Waals surface area contributed by atoms with Crippen LogP contribution in [0, 0.1) is 0 Å². The number of carbonyl (C=O) groups excluding carboxylic acids is 2. The fraction of sp³-hybridized carbons (Fsp3) is 0.200. The van der Waals surface area contributed by atoms with Crippen molar-refractivity contribution in [2.75, 3.05) is 6.54 Å². The van der Waals surface area contributed by atoms with Crippen molar-refractivity contribution in [3.63, 3.8) is 0 Å². The Hall–Kier alpha value is -3.68. The lowest BCUT2D eigenvalue weighted by atomic mass is 10.0. The number of fused-ring (bicyclic) bond motifs is 1. The number of nitrogens with zero attached hydrogens (tertiary/aromatic N) is 1. The van der Waals surface area contributed by atoms with Gasteiger partial charge in [0.25, 0.3) is 0 Å². The maximum absolute atomic E-state index is 11.7. The number of carbonyl (C=O) groups is 3. The molecule has 2 aromatic rings. The lowest BCUT2D eigenvalue weighted by Gasteiger charge is -2.07. The Morgan fingerprint density at radius 3 is 2.50 bits per heavy atom. The van der Waals surface area contributed by atoms with Crippen LogP contribution in [0.15, 0.2) is 59.1 Å². The molecule has 1 N–H and O–H groups in total. The minimum Gasteiger partial charge on any atom is -0.477 e. The Morgan fingerprint density at radius 1 is 1.25 bits per heavy atom. The molecule has 1 saturated heterocycles. The van der Waals surface area contributed by atoms with Crippen LogP contribution in [-0.2, 0) is 20.7 Å². The predicted octanol–water partition coefficient (Wildman–Crippen LogP) is 2.47. The summed E-state index contributed by atoms with van der Waals surface area (Å²) in [6.45, 7) is 7.60. The number of hydrogen-bond acceptors (Lipinski definition) is 6. The molecule has 0 aliphatic carbocycles. The highest BCUT2D eigenvalue weighted by Crippen LogP contribution is 2.21. The van der Waals surface area contributed by atoms with Gasteiger partial charge in [-0.2, -0.15) is 0 Å². The summed E-state index contributed by atoms with van der Waals surface area (Å²) < 4.78 is 9.50. The molecule has 28 heavy (non-hydrogen) atoms. The first-order valence-electron chi connectivity index (χ1n) is 8.39. The van der Waals surface area contributed by atoms with Gasteiger partial charge < -0.3 is 19.2 Å². The molecule has 8 nitrogen and oxygen atoms in total. The maximum Gasteiger partial charge on any atom is 0.351 e. The second-order valence-corrected chi connectivity index (χ2v) is 5.75. The zero-order valence-corrected chi connectivity index (χ0v) is 15.1. The van der Waals surface area contributed by atoms with Gasteiger partial charge in [-0.1, -0.05) is 31.4 Å². The third kappa shape index (κ3) is 4.73. The monoisotopic (exact) mass is 385 g/mol. The van der Waals surface area contributed by atoms with Gasteiger partial charge in [0, 0.05) is 18.4 Å². The number of carboxylic acid groups (broad SMARTS) is 1. The zero-order chi connectivity index (χ0) is 20.7. The number of esters is 1. The second-order valence-electron chi connectivity index (χ2n) is 5.75. The van der Waals surface area contributed by atoms with E-state index < -0.39 is 23.1 Å². The molecule has 1 fully saturated rings. The number of likely N-dealkylation sites (tertiary alicyclic amines) is 1. The molecular formula is C20H19NO7. The molecule has 1 aromatic heterocycles. The van der Waals surface area contributed by atoms with Crippen LogP contribution in [0.1, 0.15) is 28.8 Å². The number of hydrogen-bond donors (Lipinski definition) is 1. The molecule has 0 unspecified atom stereocenters. The molecule has 0 bridgehead atoms. The summed E-state index contributed by atoms with van der Waals surface area (Å²) in [5.41, 5.74) is -1.29. The van der Waals surface area contributed by atoms with Crippen molar-refractivity contribution in [3.05, 3.63) is 71.4 Å². The molecule has 0 atom stereocenters. The molecule has 0 radical (unpaired) electrons. The third-order valence-corrected chi connectivity index (χ3v) is 4.00. The van der Waals surface area contributed by atoms with E-state index in [0.717, 1.165) is 19.2 Å². The largest absolute Gasteiger partial charge is 0.477 e. The minimum absolute atomic E-state index is 0.0659. The third-order valence-electron chi connectivity index (χ3n) is 4.00. The molecule has 146 valence electrons. The van der Waals surface area contributed by atoms with Crippen LogP contribution in [0.4, 0.5) is 0 Å². The fourth-order valence-electron chi connectivity index (χ4n) is 2.75. The van der Waals surface area contributed by atoms with Crippen molar-refractivity contribution in [2.24, 2.45) is 0 Å². The van der Waals surface area contributed by atoms with Crippen molar-refractivity contribution in [2.45, 2.75) is 19.3 Å². The normalized spacial score (nSPS) is 12.9. The molecule has 0 spiro atoms. The summed E-state index contributed by atoms with van der Waals surface area (Å²) in [5.74, 6) is -1.95. The average molecular weight is 385 g/mol. The summed E-state index contributed by atoms with van der Waals surface area (Å²) in [6.07, 6.45) is 3.86. The van der Waals surface area contributed by atoms with E-state index >= 15 is 0 Å². The van der Waals surface area contributed by atoms with E-state index in [9.17, 15) is 19.2 Å². The molecule has 3 rings (SSSR count). The lowest BCUT2D eigenvalue weighted by Crippen LogP contribution is -2.19. The summed E-state index contributed by atoms with van der Waals surface area (Å²) >= 11 is 0. The highest BCUT2D eigenvalue weighted by molar-refractivity contribution is 5.97. The van der Waals surface area contributed by atoms with Gasteiger partial charge in [-0.25, -0.2) is 9.59 Å². The van der Waals surface area contributed by atoms with Crippen LogP contribution in [0.3, 0.4) is 0 Å². The first-order valence-corrected chi connectivity index (χ1v) is 8.39. The fourth-order valence-corrected chi connectivity index (χ4v) is 2.75. The van der Waals surface area contributed by atoms with Gasteiger partial charge in [0.05, 0.1) is 12.7 Å². The Bertz CT molecular complexity index is 990. The number of rotatable bonds is 5. The van der Waals surface area contributed by atoms with E-state index in [1.807, 2.05) is 0 Å². The smallest absolute Gasteiger partial charge is 0.351 e. The summed E-state index contributed by atoms with van der Waals surface area (Å²) in [5, 5.41) is 9.50. The Kier molecular flexibility index (Phi) is 6.86. The van der Waals surface area contributed by atoms with Crippen molar-refractivity contribution in [1.82, 2.24) is 4.90 Å². The van der Waals surface area contributed by atoms with Crippen LogP contribution in [0.2, 0.25) is 0 Å². The molecule has 1 amide bonds. The van der Waals surface area contributed by atoms with Crippen LogP contribution in [-0.4, -0.2) is 34.4 Å². The number of benzene rings is 1. The SMILES string of the molecule is C=CN1CCCC1=O.C=COC(=O)Cc1c(C(=O)O)c(=O)oc2ccccc12. The van der Waals surface area contributed by atoms with Gasteiger partial charge in [-0.15, -0.1) is 0 Å². The standard InChI is InChI=1S/C14H10O6.C6H9NO/c1-2-19-11(15)7-9-8-5-3-4-6-10(8)20-14(18)12(9)13(16)17;1-2-7-5-3-4-6(7)8/h2-6H,1,7H2,(H,16,17);2H,1,3-5H2. The molecule has 1 aromatic carbocycles. The van der Waals surface area contributed by atoms with E-state index in [-0.39, 0.29) is 23.5 Å². The summed E-state index contributed by atoms with van der Waals surface area (Å²) in [7, 11) is 0. The van der Waals surface area contributed by atoms with Crippen molar-refractivity contribution < 1.29 is 28.6 Å². The Balaban J connectivity index is 0.000000292. The van der Waals surface area contributed by atoms with E-state index in [1.54, 1.807) is 29.3 Å². The van der Waals surface area contributed by atoms with Gasteiger partial charge >= 0.3 is 17.6 Å². The van der Waals surface area contributed by atoms with Crippen LogP contribution >= 0.6 is 0 Å². The van der Waals surface area contributed by atoms with Gasteiger partial charge in [0.15, 0.2) is 0 Å². The minimum atomic E-state index is -1.45. The quantitative estimate of drug-likeness (QED) is 0.478.